The molecule has 13 unspecified atom stereocenters. The molecule has 33 heteroatoms. The van der Waals surface area contributed by atoms with Crippen molar-refractivity contribution in [2.45, 2.75) is 280 Å². The minimum absolute atomic E-state index is 0.0290. The number of nitrogens with one attached hydrogen (secondary N) is 4. The Bertz CT molecular complexity index is 4240. The summed E-state index contributed by atoms with van der Waals surface area (Å²) in [6, 6.07) is -8.87. The molecule has 4 aliphatic carbocycles. The summed E-state index contributed by atoms with van der Waals surface area (Å²) in [7, 11) is 9.47. The van der Waals surface area contributed by atoms with E-state index < -0.39 is 216 Å². The highest BCUT2D eigenvalue weighted by molar-refractivity contribution is 6.02. The number of carbonyl (C=O) groups excluding carboxylic acids is 16. The maximum Gasteiger partial charge on any atom is 0.511 e. The summed E-state index contributed by atoms with van der Waals surface area (Å²) in [6.07, 6.45) is 6.45. The number of likely N-dealkylation sites (N-methyl/N-ethyl adjacent to an activating group) is 7. The molecule has 126 heavy (non-hydrogen) atoms. The van der Waals surface area contributed by atoms with Crippen molar-refractivity contribution in [2.24, 2.45) is 70.0 Å². The number of allylic oxidation sites excluding steroid dienone is 6. The number of ketones is 2. The van der Waals surface area contributed by atoms with Crippen molar-refractivity contribution in [3.05, 3.63) is 71.3 Å². The van der Waals surface area contributed by atoms with Gasteiger partial charge >= 0.3 is 18.1 Å². The van der Waals surface area contributed by atoms with Gasteiger partial charge in [0.25, 0.3) is 0 Å². The number of hydrogen-bond acceptors (Lipinski definition) is 22. The molecule has 702 valence electrons. The Kier molecular flexibility index (Phi) is 37.2. The first-order valence-electron chi connectivity index (χ1n) is 44.5. The molecule has 33 nitrogen and oxygen atoms in total. The van der Waals surface area contributed by atoms with Crippen LogP contribution in [0.3, 0.4) is 0 Å². The van der Waals surface area contributed by atoms with Crippen LogP contribution in [-0.4, -0.2) is 287 Å². The lowest BCUT2D eigenvalue weighted by molar-refractivity contribution is -0.178. The summed E-state index contributed by atoms with van der Waals surface area (Å²) < 4.78 is 22.3. The zero-order valence-electron chi connectivity index (χ0n) is 79.0. The molecule has 0 spiro atoms. The molecular formula is C93H143N11O22. The van der Waals surface area contributed by atoms with Gasteiger partial charge < -0.3 is 84.7 Å². The van der Waals surface area contributed by atoms with Crippen LogP contribution >= 0.6 is 0 Å². The van der Waals surface area contributed by atoms with Crippen molar-refractivity contribution in [1.29, 1.82) is 0 Å². The zero-order valence-corrected chi connectivity index (χ0v) is 79.0. The molecule has 1 aliphatic heterocycles. The Hall–Kier alpha value is -9.92. The standard InChI is InChI=1S/C93H143N11O22/c1-27-29-30-56(15)77(126-90(121)125-49-124-89(120)60-33-31-59(32-34-60)88(119)123-48-71(107)93(122)40-38-64-63-36-35-61-45-62(105)37-39-91(61,18)73(63)70(106)46-92(64,93)19)76-81(112)96-65(28-2)83(114)98(20)47-72(108)99(21)66(41-50(3)4)80(111)97-74(54(11)12)86(117)100(22)67(42-51(5)6)79(110)94-57(16)78(109)95-58(17)82(113)101(23)68(43-52(7)8)84(115)102(24)69(44-53(9)10)85(116)103(25)75(55(13)14)87(118)104(76)26/h27,29,31-34,37,39,45,50-58,63-70,73-77,106,122H,28,30,35-36,38,40-44,46-49H2,1-26H3,(H,94,110)(H,95,109)(H,96,112)(H,97,111)/b29-27+/t56-,57?,58?,63?,64?,65?,66+,67?,68?,69?,70+,73?,74?,75?,76?,77?,91+,92+,93+/m1/s1. The average Bonchev–Trinajstić information content (AvgIpc) is 1.48. The van der Waals surface area contributed by atoms with Crippen molar-refractivity contribution in [2.75, 3.05) is 69.3 Å². The topological polar surface area (TPSA) is 421 Å². The molecule has 19 atom stereocenters. The van der Waals surface area contributed by atoms with Gasteiger partial charge in [-0.3, -0.25) is 62.3 Å². The minimum atomic E-state index is -1.94. The lowest BCUT2D eigenvalue weighted by atomic mass is 9.46. The highest BCUT2D eigenvalue weighted by Crippen LogP contribution is 2.67. The SMILES string of the molecule is C/C=C/C[C@@H](C)C(OC(=O)OCOC(=O)c1ccc(C(=O)OCC(=O)[C@@]2(O)CCC3C4CCC5=CC(=O)C=C[C@]5(C)C4[C@@H](O)C[C@@]32C)cc1)C1C(=O)NC(CC)C(=O)N(C)CC(=O)N(C)[C@@H](CC(C)C)C(=O)NC(C(C)C)C(=O)N(C)C(CC(C)C)C(=O)NC(C)C(=O)NC(C)C(=O)N(C)C(CC(C)C)C(=O)N(C)C(CC(C)C)C(=O)N(C)C(C(C)C)C(=O)N1C. The number of fused-ring (bicyclic) bond motifs is 5. The second-order valence-electron chi connectivity index (χ2n) is 38.3. The third kappa shape index (κ3) is 24.5. The van der Waals surface area contributed by atoms with Crippen LogP contribution in [0.25, 0.3) is 0 Å². The van der Waals surface area contributed by atoms with Crippen molar-refractivity contribution in [3.8, 4) is 0 Å². The number of nitrogens with zero attached hydrogens (tertiary/aromatic N) is 7. The third-order valence-electron chi connectivity index (χ3n) is 26.4. The van der Waals surface area contributed by atoms with Crippen molar-refractivity contribution >= 4 is 94.6 Å². The number of aliphatic hydroxyl groups excluding tert-OH is 1. The Morgan fingerprint density at radius 2 is 1.06 bits per heavy atom. The van der Waals surface area contributed by atoms with Crippen LogP contribution in [0.1, 0.15) is 223 Å². The Labute approximate surface area is 743 Å². The van der Waals surface area contributed by atoms with E-state index in [2.05, 4.69) is 21.3 Å². The number of esters is 2. The number of hydrogen-bond donors (Lipinski definition) is 6. The van der Waals surface area contributed by atoms with Gasteiger partial charge in [0.1, 0.15) is 72.1 Å². The molecule has 0 bridgehead atoms. The van der Waals surface area contributed by atoms with Crippen LogP contribution < -0.4 is 21.3 Å². The average molecular weight is 1770 g/mol. The number of ether oxygens (including phenoxy) is 4. The van der Waals surface area contributed by atoms with E-state index in [9.17, 15) is 67.7 Å². The van der Waals surface area contributed by atoms with Gasteiger partial charge in [0.2, 0.25) is 77.6 Å². The molecule has 1 heterocycles. The second kappa shape index (κ2) is 44.7. The molecule has 1 aromatic rings. The van der Waals surface area contributed by atoms with Gasteiger partial charge in [-0.05, 0) is 181 Å². The molecular weight excluding hydrogens is 1620 g/mol. The van der Waals surface area contributed by atoms with Crippen molar-refractivity contribution in [1.82, 2.24) is 55.6 Å². The summed E-state index contributed by atoms with van der Waals surface area (Å²) >= 11 is 0. The first-order chi connectivity index (χ1) is 58.7. The van der Waals surface area contributed by atoms with E-state index in [4.69, 9.17) is 18.9 Å². The molecule has 5 aliphatic rings. The molecule has 0 radical (unpaired) electrons. The summed E-state index contributed by atoms with van der Waals surface area (Å²) in [4.78, 5) is 241. The van der Waals surface area contributed by atoms with Gasteiger partial charge in [0.05, 0.1) is 23.8 Å². The predicted molar refractivity (Wildman–Crippen MR) is 469 cm³/mol. The lowest BCUT2D eigenvalue weighted by Gasteiger charge is -2.59. The summed E-state index contributed by atoms with van der Waals surface area (Å²) in [5.74, 6) is -15.1. The maximum atomic E-state index is 15.9. The Balaban J connectivity index is 1.33. The van der Waals surface area contributed by atoms with E-state index in [0.717, 1.165) is 25.2 Å². The highest BCUT2D eigenvalue weighted by atomic mass is 16.8. The Morgan fingerprint density at radius 1 is 0.563 bits per heavy atom. The molecule has 6 N–H and O–H groups in total. The van der Waals surface area contributed by atoms with Gasteiger partial charge in [-0.25, -0.2) is 14.4 Å². The van der Waals surface area contributed by atoms with Crippen LogP contribution in [0.15, 0.2) is 60.2 Å². The van der Waals surface area contributed by atoms with Crippen LogP contribution in [0.5, 0.6) is 0 Å². The molecule has 6 rings (SSSR count). The fraction of sp³-hybridized carbons (Fsp3) is 0.699. The summed E-state index contributed by atoms with van der Waals surface area (Å²) in [5, 5.41) is 35.1. The van der Waals surface area contributed by atoms with E-state index in [1.807, 2.05) is 68.4 Å². The van der Waals surface area contributed by atoms with E-state index in [0.29, 0.717) is 19.3 Å². The van der Waals surface area contributed by atoms with Crippen molar-refractivity contribution in [3.63, 3.8) is 0 Å². The number of rotatable bonds is 23. The number of carbonyl (C=O) groups is 16. The number of aliphatic hydroxyl groups is 2. The van der Waals surface area contributed by atoms with Crippen LogP contribution in [0.2, 0.25) is 0 Å². The summed E-state index contributed by atoms with van der Waals surface area (Å²) in [5.41, 5.74) is -2.85. The van der Waals surface area contributed by atoms with Gasteiger partial charge in [0, 0.05) is 66.1 Å². The van der Waals surface area contributed by atoms with Gasteiger partial charge in [-0.1, -0.05) is 135 Å². The van der Waals surface area contributed by atoms with E-state index in [1.165, 1.54) is 108 Å². The van der Waals surface area contributed by atoms with Gasteiger partial charge in [0.15, 0.2) is 12.4 Å². The normalized spacial score (nSPS) is 29.8. The quantitative estimate of drug-likeness (QED) is 0.0278. The molecule has 3 saturated carbocycles. The Morgan fingerprint density at radius 3 is 1.60 bits per heavy atom. The first-order valence-corrected chi connectivity index (χ1v) is 44.5. The van der Waals surface area contributed by atoms with Crippen LogP contribution in [0.4, 0.5) is 4.79 Å². The van der Waals surface area contributed by atoms with Crippen LogP contribution in [0, 0.1) is 70.0 Å². The van der Waals surface area contributed by atoms with Gasteiger partial charge in [-0.2, -0.15) is 0 Å². The second-order valence-corrected chi connectivity index (χ2v) is 38.3. The fourth-order valence-electron chi connectivity index (χ4n) is 19.1. The van der Waals surface area contributed by atoms with E-state index in [-0.39, 0.29) is 110 Å². The smallest absolute Gasteiger partial charge is 0.454 e. The van der Waals surface area contributed by atoms with Gasteiger partial charge in [-0.15, -0.1) is 0 Å². The minimum Gasteiger partial charge on any atom is -0.454 e. The fourth-order valence-corrected chi connectivity index (χ4v) is 19.1. The molecule has 1 saturated heterocycles. The zero-order chi connectivity index (χ0) is 95.1. The molecule has 1 aromatic carbocycles. The monoisotopic (exact) mass is 1770 g/mol. The maximum absolute atomic E-state index is 15.9. The van der Waals surface area contributed by atoms with E-state index in [1.54, 1.807) is 73.6 Å². The molecule has 0 aromatic heterocycles. The number of benzene rings is 1. The van der Waals surface area contributed by atoms with Crippen molar-refractivity contribution < 1.29 is 106 Å². The molecule has 11 amide bonds. The first kappa shape index (κ1) is 105. The lowest BCUT2D eigenvalue weighted by Crippen LogP contribution is -2.64. The van der Waals surface area contributed by atoms with Crippen LogP contribution in [-0.2, 0) is 81.3 Å². The van der Waals surface area contributed by atoms with E-state index >= 15 is 19.2 Å². The predicted octanol–water partition coefficient (Wildman–Crippen LogP) is 6.98. The number of amides is 11. The largest absolute Gasteiger partial charge is 0.511 e. The summed E-state index contributed by atoms with van der Waals surface area (Å²) in [6.45, 7) is 30.2. The third-order valence-corrected chi connectivity index (χ3v) is 26.4. The number of Topliss-reactive ketones (excluding diaryl/α,β-unsaturated/α-hetero) is 1. The molecule has 4 fully saturated rings. The highest BCUT2D eigenvalue weighted by Gasteiger charge is 2.68.